The molecule has 4 rings (SSSR count). The van der Waals surface area contributed by atoms with Gasteiger partial charge < -0.3 is 0 Å². The molecule has 0 unspecified atom stereocenters. The minimum atomic E-state index is 0.287. The predicted molar refractivity (Wildman–Crippen MR) is 95.0 cm³/mol. The average Bonchev–Trinajstić information content (AvgIpc) is 2.85. The van der Waals surface area contributed by atoms with Crippen molar-refractivity contribution in [2.24, 2.45) is 34.5 Å². The number of ketones is 1. The van der Waals surface area contributed by atoms with Gasteiger partial charge in [-0.15, -0.1) is 0 Å². The number of carbonyl (C=O) groups excluding carboxylic acids is 1. The van der Waals surface area contributed by atoms with Crippen LogP contribution in [-0.4, -0.2) is 5.78 Å². The van der Waals surface area contributed by atoms with Crippen molar-refractivity contribution >= 4 is 5.78 Å². The van der Waals surface area contributed by atoms with Crippen LogP contribution in [0.2, 0.25) is 0 Å². The summed E-state index contributed by atoms with van der Waals surface area (Å²) in [5.41, 5.74) is 3.88. The summed E-state index contributed by atoms with van der Waals surface area (Å²) in [7, 11) is 0. The van der Waals surface area contributed by atoms with Crippen molar-refractivity contribution in [1.82, 2.24) is 0 Å². The minimum absolute atomic E-state index is 0.287. The van der Waals surface area contributed by atoms with E-state index in [-0.39, 0.29) is 5.41 Å². The van der Waals surface area contributed by atoms with Crippen molar-refractivity contribution in [1.29, 1.82) is 0 Å². The highest BCUT2D eigenvalue weighted by Crippen LogP contribution is 2.65. The van der Waals surface area contributed by atoms with Crippen LogP contribution in [-0.2, 0) is 4.79 Å². The quantitative estimate of drug-likeness (QED) is 0.606. The lowest BCUT2D eigenvalue weighted by molar-refractivity contribution is -0.127. The fourth-order valence-electron chi connectivity index (χ4n) is 7.13. The van der Waals surface area contributed by atoms with E-state index in [2.05, 4.69) is 32.9 Å². The lowest BCUT2D eigenvalue weighted by atomic mass is 9.48. The molecule has 0 heterocycles. The molecule has 0 saturated heterocycles. The van der Waals surface area contributed by atoms with Gasteiger partial charge in [-0.3, -0.25) is 4.79 Å². The fourth-order valence-corrected chi connectivity index (χ4v) is 7.13. The third kappa shape index (κ3) is 2.07. The Kier molecular flexibility index (Phi) is 3.45. The summed E-state index contributed by atoms with van der Waals surface area (Å²) in [6.45, 7) is 9.11. The van der Waals surface area contributed by atoms with Crippen LogP contribution in [0, 0.1) is 34.5 Å². The van der Waals surface area contributed by atoms with E-state index in [1.807, 2.05) is 6.92 Å². The molecule has 6 atom stereocenters. The van der Waals surface area contributed by atoms with Crippen LogP contribution in [0.3, 0.4) is 0 Å². The first kappa shape index (κ1) is 15.7. The molecule has 0 aromatic carbocycles. The van der Waals surface area contributed by atoms with Gasteiger partial charge in [0, 0.05) is 5.92 Å². The normalized spacial score (nSPS) is 48.7. The Labute approximate surface area is 141 Å². The molecule has 0 N–H and O–H groups in total. The lowest BCUT2D eigenvalue weighted by Crippen LogP contribution is -2.49. The molecule has 0 bridgehead atoms. The van der Waals surface area contributed by atoms with E-state index in [1.54, 1.807) is 11.1 Å². The second-order valence-electron chi connectivity index (χ2n) is 9.47. The van der Waals surface area contributed by atoms with E-state index >= 15 is 0 Å². The van der Waals surface area contributed by atoms with Crippen LogP contribution >= 0.6 is 0 Å². The molecule has 0 spiro atoms. The largest absolute Gasteiger partial charge is 0.300 e. The van der Waals surface area contributed by atoms with Gasteiger partial charge in [0.15, 0.2) is 0 Å². The van der Waals surface area contributed by atoms with Gasteiger partial charge >= 0.3 is 0 Å². The zero-order valence-corrected chi connectivity index (χ0v) is 15.3. The molecule has 4 aliphatic carbocycles. The van der Waals surface area contributed by atoms with Crippen molar-refractivity contribution in [3.63, 3.8) is 0 Å². The van der Waals surface area contributed by atoms with E-state index in [0.29, 0.717) is 17.1 Å². The highest BCUT2D eigenvalue weighted by atomic mass is 16.1. The molecule has 1 nitrogen and oxygen atoms in total. The van der Waals surface area contributed by atoms with Crippen LogP contribution in [0.4, 0.5) is 0 Å². The Hall–Kier alpha value is -0.850. The van der Waals surface area contributed by atoms with Gasteiger partial charge in [-0.25, -0.2) is 0 Å². The first-order chi connectivity index (χ1) is 10.9. The van der Waals surface area contributed by atoms with Crippen molar-refractivity contribution in [3.8, 4) is 0 Å². The molecule has 2 saturated carbocycles. The van der Waals surface area contributed by atoms with E-state index in [0.717, 1.165) is 24.2 Å². The first-order valence-electron chi connectivity index (χ1n) is 9.74. The summed E-state index contributed by atoms with van der Waals surface area (Å²) >= 11 is 0. The predicted octanol–water partition coefficient (Wildman–Crippen LogP) is 5.71. The molecule has 0 aromatic rings. The molecule has 0 aliphatic heterocycles. The second kappa shape index (κ2) is 5.07. The van der Waals surface area contributed by atoms with E-state index in [9.17, 15) is 4.79 Å². The number of fused-ring (bicyclic) bond motifs is 5. The number of hydrogen-bond acceptors (Lipinski definition) is 1. The molecule has 4 aliphatic rings. The second-order valence-corrected chi connectivity index (χ2v) is 9.47. The zero-order valence-electron chi connectivity index (χ0n) is 15.3. The molecule has 0 aromatic heterocycles. The van der Waals surface area contributed by atoms with Gasteiger partial charge in [0.2, 0.25) is 0 Å². The molecule has 126 valence electrons. The summed E-state index contributed by atoms with van der Waals surface area (Å²) in [6.07, 6.45) is 14.0. The topological polar surface area (TPSA) is 17.1 Å². The van der Waals surface area contributed by atoms with Gasteiger partial charge in [-0.1, -0.05) is 31.6 Å². The molecule has 1 heteroatoms. The maximum absolute atomic E-state index is 12.2. The van der Waals surface area contributed by atoms with Gasteiger partial charge in [0.25, 0.3) is 0 Å². The average molecular weight is 312 g/mol. The molecular formula is C22H32O. The lowest BCUT2D eigenvalue weighted by Gasteiger charge is -2.57. The van der Waals surface area contributed by atoms with Gasteiger partial charge in [-0.05, 0) is 93.0 Å². The maximum atomic E-state index is 12.2. The molecule has 2 fully saturated rings. The third-order valence-corrected chi connectivity index (χ3v) is 8.46. The Balaban J connectivity index is 1.69. The Morgan fingerprint density at radius 3 is 2.65 bits per heavy atom. The summed E-state index contributed by atoms with van der Waals surface area (Å²) in [5.74, 6) is 3.22. The van der Waals surface area contributed by atoms with Crippen molar-refractivity contribution in [2.75, 3.05) is 0 Å². The van der Waals surface area contributed by atoms with Crippen LogP contribution < -0.4 is 0 Å². The number of Topliss-reactive ketones (excluding diaryl/α,β-unsaturated/α-hetero) is 1. The van der Waals surface area contributed by atoms with Crippen molar-refractivity contribution in [2.45, 2.75) is 72.6 Å². The number of rotatable bonds is 1. The zero-order chi connectivity index (χ0) is 16.4. The van der Waals surface area contributed by atoms with Crippen LogP contribution in [0.25, 0.3) is 0 Å². The van der Waals surface area contributed by atoms with Crippen LogP contribution in [0.1, 0.15) is 72.6 Å². The Morgan fingerprint density at radius 1 is 1.13 bits per heavy atom. The fraction of sp³-hybridized carbons (Fsp3) is 0.773. The van der Waals surface area contributed by atoms with Gasteiger partial charge in [0.1, 0.15) is 5.78 Å². The standard InChI is InChI=1S/C22H32O/c1-14-9-11-21(3)16(13-14)5-6-17-19-8-7-18(15(2)23)22(19,4)12-10-20(17)21/h5,13,17-20H,6-12H2,1-4H3/t17-,18+,19-,20-,21-,22+/m0/s1. The Bertz CT molecular complexity index is 597. The third-order valence-electron chi connectivity index (χ3n) is 8.46. The van der Waals surface area contributed by atoms with Crippen molar-refractivity contribution in [3.05, 3.63) is 23.3 Å². The first-order valence-corrected chi connectivity index (χ1v) is 9.74. The molecule has 0 amide bonds. The summed E-state index contributed by atoms with van der Waals surface area (Å²) in [6, 6.07) is 0. The van der Waals surface area contributed by atoms with E-state index in [4.69, 9.17) is 0 Å². The summed E-state index contributed by atoms with van der Waals surface area (Å²) in [4.78, 5) is 12.2. The highest BCUT2D eigenvalue weighted by Gasteiger charge is 2.58. The SMILES string of the molecule is CC(=O)[C@H]1CC[C@H]2[C@@H]3CC=C4C=C(C)CC[C@]4(C)[C@H]3CC[C@]12C. The van der Waals surface area contributed by atoms with E-state index < -0.39 is 0 Å². The smallest absolute Gasteiger partial charge is 0.133 e. The summed E-state index contributed by atoms with van der Waals surface area (Å²) < 4.78 is 0. The van der Waals surface area contributed by atoms with E-state index in [1.165, 1.54) is 38.5 Å². The van der Waals surface area contributed by atoms with Crippen molar-refractivity contribution < 1.29 is 4.79 Å². The summed E-state index contributed by atoms with van der Waals surface area (Å²) in [5, 5.41) is 0. The highest BCUT2D eigenvalue weighted by molar-refractivity contribution is 5.79. The molecule has 0 radical (unpaired) electrons. The van der Waals surface area contributed by atoms with Crippen LogP contribution in [0.15, 0.2) is 23.3 Å². The van der Waals surface area contributed by atoms with Crippen LogP contribution in [0.5, 0.6) is 0 Å². The van der Waals surface area contributed by atoms with Gasteiger partial charge in [0.05, 0.1) is 0 Å². The van der Waals surface area contributed by atoms with Gasteiger partial charge in [-0.2, -0.15) is 0 Å². The minimum Gasteiger partial charge on any atom is -0.300 e. The number of hydrogen-bond donors (Lipinski definition) is 0. The molecule has 23 heavy (non-hydrogen) atoms. The maximum Gasteiger partial charge on any atom is 0.133 e. The Morgan fingerprint density at radius 2 is 1.91 bits per heavy atom. The monoisotopic (exact) mass is 312 g/mol. The number of allylic oxidation sites excluding steroid dienone is 4. The molecular weight excluding hydrogens is 280 g/mol. The number of carbonyl (C=O) groups is 1.